The molecule has 6 heteroatoms. The molecule has 1 fully saturated rings. The second kappa shape index (κ2) is 6.63. The van der Waals surface area contributed by atoms with E-state index in [0.717, 1.165) is 12.6 Å². The SMILES string of the molecule is CO[Si](C)(CCN1CCN([Si](C)(C)C)CC1)OC. The maximum Gasteiger partial charge on any atom is 0.335 e. The van der Waals surface area contributed by atoms with Gasteiger partial charge in [0, 0.05) is 53.0 Å². The molecule has 0 aromatic rings. The summed E-state index contributed by atoms with van der Waals surface area (Å²) < 4.78 is 13.8. The van der Waals surface area contributed by atoms with Crippen LogP contribution >= 0.6 is 0 Å². The number of rotatable bonds is 6. The van der Waals surface area contributed by atoms with Crippen molar-refractivity contribution in [1.82, 2.24) is 9.47 Å². The van der Waals surface area contributed by atoms with Crippen LogP contribution in [-0.2, 0) is 8.85 Å². The number of hydrogen-bond donors (Lipinski definition) is 0. The van der Waals surface area contributed by atoms with Gasteiger partial charge in [0.05, 0.1) is 0 Å². The Labute approximate surface area is 115 Å². The highest BCUT2D eigenvalue weighted by Gasteiger charge is 2.31. The van der Waals surface area contributed by atoms with Gasteiger partial charge in [-0.15, -0.1) is 0 Å². The van der Waals surface area contributed by atoms with Crippen molar-refractivity contribution in [1.29, 1.82) is 0 Å². The molecule has 0 saturated carbocycles. The smallest absolute Gasteiger partial charge is 0.335 e. The lowest BCUT2D eigenvalue weighted by Gasteiger charge is -2.41. The molecule has 0 bridgehead atoms. The first kappa shape index (κ1) is 16.3. The molecule has 0 radical (unpaired) electrons. The third-order valence-electron chi connectivity index (χ3n) is 4.07. The highest BCUT2D eigenvalue weighted by molar-refractivity contribution is 6.73. The van der Waals surface area contributed by atoms with Gasteiger partial charge in [-0.25, -0.2) is 0 Å². The summed E-state index contributed by atoms with van der Waals surface area (Å²) in [5, 5.41) is 0. The van der Waals surface area contributed by atoms with Gasteiger partial charge in [0.15, 0.2) is 0 Å². The van der Waals surface area contributed by atoms with E-state index in [2.05, 4.69) is 35.7 Å². The maximum atomic E-state index is 5.54. The van der Waals surface area contributed by atoms with Gasteiger partial charge in [0.2, 0.25) is 0 Å². The van der Waals surface area contributed by atoms with Gasteiger partial charge in [-0.3, -0.25) is 0 Å². The van der Waals surface area contributed by atoms with E-state index < -0.39 is 16.8 Å². The molecule has 108 valence electrons. The predicted molar refractivity (Wildman–Crippen MR) is 81.8 cm³/mol. The van der Waals surface area contributed by atoms with Gasteiger partial charge >= 0.3 is 8.56 Å². The number of nitrogens with zero attached hydrogens (tertiary/aromatic N) is 2. The van der Waals surface area contributed by atoms with E-state index in [4.69, 9.17) is 8.85 Å². The minimum Gasteiger partial charge on any atom is -0.398 e. The normalized spacial score (nSPS) is 20.3. The summed E-state index contributed by atoms with van der Waals surface area (Å²) in [7, 11) is 0.578. The minimum atomic E-state index is -1.88. The Morgan fingerprint density at radius 2 is 1.39 bits per heavy atom. The molecule has 0 atom stereocenters. The molecule has 4 nitrogen and oxygen atoms in total. The largest absolute Gasteiger partial charge is 0.398 e. The number of hydrogen-bond acceptors (Lipinski definition) is 4. The quantitative estimate of drug-likeness (QED) is 0.697. The first-order valence-corrected chi connectivity index (χ1v) is 12.9. The first-order valence-electron chi connectivity index (χ1n) is 6.88. The molecule has 1 aliphatic rings. The lowest BCUT2D eigenvalue weighted by Crippen LogP contribution is -2.56. The number of piperazine rings is 1. The second-order valence-corrected chi connectivity index (χ2v) is 14.8. The molecule has 0 spiro atoms. The van der Waals surface area contributed by atoms with Gasteiger partial charge in [0.25, 0.3) is 0 Å². The average Bonchev–Trinajstić information content (AvgIpc) is 2.35. The fourth-order valence-electron chi connectivity index (χ4n) is 2.29. The highest BCUT2D eigenvalue weighted by Crippen LogP contribution is 2.16. The van der Waals surface area contributed by atoms with Crippen molar-refractivity contribution in [2.75, 3.05) is 46.9 Å². The van der Waals surface area contributed by atoms with Crippen LogP contribution in [0.25, 0.3) is 0 Å². The van der Waals surface area contributed by atoms with Gasteiger partial charge in [-0.05, 0) is 6.55 Å². The van der Waals surface area contributed by atoms with E-state index in [0.29, 0.717) is 0 Å². The Morgan fingerprint density at radius 1 is 0.889 bits per heavy atom. The summed E-state index contributed by atoms with van der Waals surface area (Å²) >= 11 is 0. The van der Waals surface area contributed by atoms with E-state index in [-0.39, 0.29) is 0 Å². The van der Waals surface area contributed by atoms with Crippen molar-refractivity contribution >= 4 is 16.8 Å². The molecule has 18 heavy (non-hydrogen) atoms. The van der Waals surface area contributed by atoms with E-state index in [1.165, 1.54) is 26.2 Å². The van der Waals surface area contributed by atoms with Crippen molar-refractivity contribution in [2.24, 2.45) is 0 Å². The van der Waals surface area contributed by atoms with Crippen LogP contribution in [0.15, 0.2) is 0 Å². The summed E-state index contributed by atoms with van der Waals surface area (Å²) in [5.41, 5.74) is 0. The standard InChI is InChI=1S/C12H30N2O2Si2/c1-15-18(6,16-2)12-11-13-7-9-14(10-8-13)17(3,4)5/h7-12H2,1-6H3. The van der Waals surface area contributed by atoms with Crippen LogP contribution in [0.1, 0.15) is 0 Å². The first-order chi connectivity index (χ1) is 8.30. The Hall–Kier alpha value is 0.274. The monoisotopic (exact) mass is 290 g/mol. The average molecular weight is 291 g/mol. The van der Waals surface area contributed by atoms with Crippen molar-refractivity contribution in [2.45, 2.75) is 32.2 Å². The van der Waals surface area contributed by atoms with Crippen molar-refractivity contribution in [3.05, 3.63) is 0 Å². The molecule has 0 unspecified atom stereocenters. The Kier molecular flexibility index (Phi) is 6.01. The third kappa shape index (κ3) is 4.75. The molecule has 0 N–H and O–H groups in total. The zero-order valence-electron chi connectivity index (χ0n) is 13.0. The molecule has 0 amide bonds. The Bertz CT molecular complexity index is 247. The Balaban J connectivity index is 2.32. The van der Waals surface area contributed by atoms with Crippen LogP contribution in [0.2, 0.25) is 32.2 Å². The van der Waals surface area contributed by atoms with Crippen molar-refractivity contribution in [3.8, 4) is 0 Å². The van der Waals surface area contributed by atoms with Gasteiger partial charge < -0.3 is 18.3 Å². The van der Waals surface area contributed by atoms with Gasteiger partial charge in [-0.1, -0.05) is 19.6 Å². The fraction of sp³-hybridized carbons (Fsp3) is 1.00. The molecular weight excluding hydrogens is 260 g/mol. The summed E-state index contributed by atoms with van der Waals surface area (Å²) in [5.74, 6) is 0. The summed E-state index contributed by atoms with van der Waals surface area (Å²) in [6.07, 6.45) is 0. The van der Waals surface area contributed by atoms with Gasteiger partial charge in [0.1, 0.15) is 8.24 Å². The van der Waals surface area contributed by atoms with Gasteiger partial charge in [-0.2, -0.15) is 0 Å². The van der Waals surface area contributed by atoms with Crippen LogP contribution in [0.3, 0.4) is 0 Å². The summed E-state index contributed by atoms with van der Waals surface area (Å²) in [4.78, 5) is 2.56. The highest BCUT2D eigenvalue weighted by atomic mass is 28.4. The second-order valence-electron chi connectivity index (χ2n) is 6.29. The van der Waals surface area contributed by atoms with Crippen LogP contribution in [0.5, 0.6) is 0 Å². The molecule has 0 aromatic carbocycles. The minimum absolute atomic E-state index is 1.06. The molecule has 1 saturated heterocycles. The molecule has 1 rings (SSSR count). The van der Waals surface area contributed by atoms with Crippen molar-refractivity contribution < 1.29 is 8.85 Å². The lowest BCUT2D eigenvalue weighted by molar-refractivity contribution is 0.180. The van der Waals surface area contributed by atoms with E-state index in [9.17, 15) is 0 Å². The third-order valence-corrected chi connectivity index (χ3v) is 9.27. The zero-order chi connectivity index (χ0) is 13.8. The fourth-order valence-corrected chi connectivity index (χ4v) is 5.13. The van der Waals surface area contributed by atoms with Crippen LogP contribution in [0, 0.1) is 0 Å². The summed E-state index contributed by atoms with van der Waals surface area (Å²) in [6, 6.07) is 1.06. The van der Waals surface area contributed by atoms with Crippen LogP contribution in [-0.4, -0.2) is 73.2 Å². The topological polar surface area (TPSA) is 24.9 Å². The Morgan fingerprint density at radius 3 is 1.78 bits per heavy atom. The van der Waals surface area contributed by atoms with Crippen molar-refractivity contribution in [3.63, 3.8) is 0 Å². The van der Waals surface area contributed by atoms with Crippen LogP contribution < -0.4 is 0 Å². The molecule has 0 aliphatic carbocycles. The molecule has 0 aromatic heterocycles. The molecule has 1 heterocycles. The van der Waals surface area contributed by atoms with Crippen LogP contribution in [0.4, 0.5) is 0 Å². The summed E-state index contributed by atoms with van der Waals surface area (Å²) in [6.45, 7) is 15.4. The van der Waals surface area contributed by atoms with E-state index >= 15 is 0 Å². The van der Waals surface area contributed by atoms with E-state index in [1.807, 2.05) is 0 Å². The maximum absolute atomic E-state index is 5.54. The van der Waals surface area contributed by atoms with E-state index in [1.54, 1.807) is 14.2 Å². The zero-order valence-corrected chi connectivity index (χ0v) is 15.0. The molecule has 1 aliphatic heterocycles. The molecular formula is C12H30N2O2Si2. The predicted octanol–water partition coefficient (Wildman–Crippen LogP) is 1.80. The lowest BCUT2D eigenvalue weighted by atomic mass is 10.4.